The molecule has 4 aromatic rings. The van der Waals surface area contributed by atoms with Crippen LogP contribution in [0.4, 0.5) is 11.4 Å². The molecule has 0 saturated heterocycles. The number of fused-ring (bicyclic) bond motifs is 2. The number of nitrogens with zero attached hydrogens (tertiary/aromatic N) is 1. The predicted molar refractivity (Wildman–Crippen MR) is 152 cm³/mol. The lowest BCUT2D eigenvalue weighted by molar-refractivity contribution is -0.165. The Morgan fingerprint density at radius 2 is 1.60 bits per heavy atom. The molecule has 0 aliphatic heterocycles. The molecule has 1 aliphatic carbocycles. The van der Waals surface area contributed by atoms with Crippen LogP contribution in [0.1, 0.15) is 67.1 Å². The molecule has 8 heteroatoms. The fourth-order valence-electron chi connectivity index (χ4n) is 5.37. The molecule has 1 aliphatic rings. The summed E-state index contributed by atoms with van der Waals surface area (Å²) >= 11 is 0. The number of anilines is 2. The van der Waals surface area contributed by atoms with Crippen LogP contribution in [0.2, 0.25) is 0 Å². The summed E-state index contributed by atoms with van der Waals surface area (Å²) < 4.78 is 16.9. The van der Waals surface area contributed by atoms with Crippen molar-refractivity contribution in [3.05, 3.63) is 76.9 Å². The average Bonchev–Trinajstić information content (AvgIpc) is 3.39. The second-order valence-corrected chi connectivity index (χ2v) is 9.90. The van der Waals surface area contributed by atoms with E-state index in [0.717, 1.165) is 17.7 Å². The summed E-state index contributed by atoms with van der Waals surface area (Å²) in [7, 11) is 0. The fraction of sp³-hybridized carbons (Fsp3) is 0.312. The Kier molecular flexibility index (Phi) is 7.43. The van der Waals surface area contributed by atoms with Gasteiger partial charge in [0.1, 0.15) is 5.52 Å². The van der Waals surface area contributed by atoms with Crippen LogP contribution < -0.4 is 5.32 Å². The van der Waals surface area contributed by atoms with Crippen LogP contribution in [0.15, 0.2) is 59.1 Å². The van der Waals surface area contributed by atoms with Gasteiger partial charge < -0.3 is 19.3 Å². The minimum Gasteiger partial charge on any atom is -0.465 e. The van der Waals surface area contributed by atoms with Crippen LogP contribution in [-0.4, -0.2) is 36.1 Å². The molecule has 0 unspecified atom stereocenters. The maximum atomic E-state index is 14.0. The molecular weight excluding hydrogens is 508 g/mol. The molecule has 0 bridgehead atoms. The zero-order valence-corrected chi connectivity index (χ0v) is 23.1. The van der Waals surface area contributed by atoms with Gasteiger partial charge in [0, 0.05) is 22.4 Å². The van der Waals surface area contributed by atoms with Crippen LogP contribution in [0.25, 0.3) is 22.2 Å². The van der Waals surface area contributed by atoms with Gasteiger partial charge in [-0.2, -0.15) is 0 Å². The summed E-state index contributed by atoms with van der Waals surface area (Å²) in [5, 5.41) is 8.19. The van der Waals surface area contributed by atoms with Gasteiger partial charge in [0.2, 0.25) is 0 Å². The first kappa shape index (κ1) is 27.1. The molecule has 8 nitrogen and oxygen atoms in total. The van der Waals surface area contributed by atoms with Crippen LogP contribution in [0, 0.1) is 6.92 Å². The van der Waals surface area contributed by atoms with Gasteiger partial charge in [-0.25, -0.2) is 0 Å². The van der Waals surface area contributed by atoms with Crippen molar-refractivity contribution in [1.82, 2.24) is 5.16 Å². The van der Waals surface area contributed by atoms with Crippen molar-refractivity contribution < 1.29 is 28.4 Å². The average molecular weight is 541 g/mol. The monoisotopic (exact) mass is 540 g/mol. The first-order chi connectivity index (χ1) is 19.4. The summed E-state index contributed by atoms with van der Waals surface area (Å²) in [5.41, 5.74) is 2.45. The van der Waals surface area contributed by atoms with E-state index in [9.17, 15) is 14.4 Å². The SMILES string of the molecule is CCCCC(C(=O)OCC)(C(=O)OCC)c1cc(Nc2ccc(C)cc2)c2c3c(onc13)-c1ccccc1C2=O. The number of esters is 2. The highest BCUT2D eigenvalue weighted by molar-refractivity contribution is 6.28. The molecule has 3 aromatic carbocycles. The topological polar surface area (TPSA) is 108 Å². The van der Waals surface area contributed by atoms with E-state index in [0.29, 0.717) is 39.9 Å². The third-order valence-corrected chi connectivity index (χ3v) is 7.34. The van der Waals surface area contributed by atoms with E-state index < -0.39 is 17.4 Å². The highest BCUT2D eigenvalue weighted by Gasteiger charge is 2.52. The van der Waals surface area contributed by atoms with E-state index in [4.69, 9.17) is 14.0 Å². The summed E-state index contributed by atoms with van der Waals surface area (Å²) in [5.74, 6) is -1.23. The Bertz CT molecular complexity index is 1580. The lowest BCUT2D eigenvalue weighted by Gasteiger charge is -2.31. The number of carbonyl (C=O) groups is 3. The molecule has 0 atom stereocenters. The largest absolute Gasteiger partial charge is 0.465 e. The third kappa shape index (κ3) is 4.33. The number of benzene rings is 3. The van der Waals surface area contributed by atoms with E-state index in [1.165, 1.54) is 0 Å². The van der Waals surface area contributed by atoms with Gasteiger partial charge >= 0.3 is 11.9 Å². The molecule has 206 valence electrons. The minimum atomic E-state index is -1.81. The number of ether oxygens (including phenoxy) is 2. The first-order valence-electron chi connectivity index (χ1n) is 13.7. The molecule has 0 saturated carbocycles. The lowest BCUT2D eigenvalue weighted by atomic mass is 9.73. The predicted octanol–water partition coefficient (Wildman–Crippen LogP) is 6.65. The molecule has 0 amide bonds. The standard InChI is InChI=1S/C32H32N2O6/c1-5-8-17-32(30(36)38-6-2,31(37)39-7-3)23-18-24(33-20-15-13-19(4)14-16-20)25-26-27(23)34-40-29(26)22-12-10-9-11-21(22)28(25)35/h9-16,18,33H,5-8,17H2,1-4H3. The number of aromatic nitrogens is 1. The van der Waals surface area contributed by atoms with Crippen molar-refractivity contribution in [2.45, 2.75) is 52.4 Å². The number of carbonyl (C=O) groups excluding carboxylic acids is 3. The van der Waals surface area contributed by atoms with Crippen molar-refractivity contribution >= 4 is 40.0 Å². The van der Waals surface area contributed by atoms with E-state index in [1.54, 1.807) is 38.1 Å². The number of rotatable bonds is 10. The minimum absolute atomic E-state index is 0.0811. The Morgan fingerprint density at radius 3 is 2.23 bits per heavy atom. The summed E-state index contributed by atoms with van der Waals surface area (Å²) in [4.78, 5) is 41.6. The van der Waals surface area contributed by atoms with Crippen molar-refractivity contribution in [2.75, 3.05) is 18.5 Å². The lowest BCUT2D eigenvalue weighted by Crippen LogP contribution is -2.46. The van der Waals surface area contributed by atoms with E-state index >= 15 is 0 Å². The molecule has 1 aromatic heterocycles. The normalized spacial score (nSPS) is 12.2. The van der Waals surface area contributed by atoms with Crippen molar-refractivity contribution in [3.63, 3.8) is 0 Å². The van der Waals surface area contributed by atoms with Gasteiger partial charge in [-0.1, -0.05) is 66.9 Å². The number of aryl methyl sites for hydroxylation is 1. The molecular formula is C32H32N2O6. The maximum Gasteiger partial charge on any atom is 0.328 e. The van der Waals surface area contributed by atoms with Gasteiger partial charge in [-0.15, -0.1) is 0 Å². The Balaban J connectivity index is 1.87. The first-order valence-corrected chi connectivity index (χ1v) is 13.7. The third-order valence-electron chi connectivity index (χ3n) is 7.34. The molecule has 0 spiro atoms. The van der Waals surface area contributed by atoms with Gasteiger partial charge in [0.25, 0.3) is 0 Å². The number of nitrogens with one attached hydrogen (secondary N) is 1. The van der Waals surface area contributed by atoms with Crippen LogP contribution in [0.5, 0.6) is 0 Å². The summed E-state index contributed by atoms with van der Waals surface area (Å²) in [6.45, 7) is 7.52. The Morgan fingerprint density at radius 1 is 0.950 bits per heavy atom. The highest BCUT2D eigenvalue weighted by atomic mass is 16.6. The number of ketones is 1. The maximum absolute atomic E-state index is 14.0. The van der Waals surface area contributed by atoms with Crippen LogP contribution >= 0.6 is 0 Å². The molecule has 1 N–H and O–H groups in total. The van der Waals surface area contributed by atoms with Crippen molar-refractivity contribution in [1.29, 1.82) is 0 Å². The molecule has 0 radical (unpaired) electrons. The van der Waals surface area contributed by atoms with Crippen LogP contribution in [0.3, 0.4) is 0 Å². The fourth-order valence-corrected chi connectivity index (χ4v) is 5.37. The van der Waals surface area contributed by atoms with Gasteiger partial charge in [-0.05, 0) is 45.4 Å². The van der Waals surface area contributed by atoms with Gasteiger partial charge in [0.05, 0.1) is 29.9 Å². The van der Waals surface area contributed by atoms with E-state index in [1.807, 2.05) is 44.2 Å². The second kappa shape index (κ2) is 11.0. The second-order valence-electron chi connectivity index (χ2n) is 9.90. The summed E-state index contributed by atoms with van der Waals surface area (Å²) in [6, 6.07) is 16.6. The zero-order chi connectivity index (χ0) is 28.4. The highest BCUT2D eigenvalue weighted by Crippen LogP contribution is 2.48. The van der Waals surface area contributed by atoms with E-state index in [-0.39, 0.29) is 36.5 Å². The summed E-state index contributed by atoms with van der Waals surface area (Å²) in [6.07, 6.45) is 1.42. The van der Waals surface area contributed by atoms with Gasteiger partial charge in [-0.3, -0.25) is 14.4 Å². The molecule has 0 fully saturated rings. The molecule has 1 heterocycles. The quantitative estimate of drug-likeness (QED) is 0.155. The molecule has 40 heavy (non-hydrogen) atoms. The van der Waals surface area contributed by atoms with Crippen molar-refractivity contribution in [2.24, 2.45) is 0 Å². The zero-order valence-electron chi connectivity index (χ0n) is 23.1. The van der Waals surface area contributed by atoms with E-state index in [2.05, 4.69) is 10.5 Å². The number of hydrogen-bond acceptors (Lipinski definition) is 8. The molecule has 5 rings (SSSR count). The van der Waals surface area contributed by atoms with Gasteiger partial charge in [0.15, 0.2) is 17.0 Å². The Labute approximate surface area is 232 Å². The van der Waals surface area contributed by atoms with Crippen LogP contribution in [-0.2, 0) is 24.5 Å². The smallest absolute Gasteiger partial charge is 0.328 e. The number of hydrogen-bond donors (Lipinski definition) is 1. The number of unbranched alkanes of at least 4 members (excludes halogenated alkanes) is 1. The Hall–Kier alpha value is -4.46. The van der Waals surface area contributed by atoms with Crippen molar-refractivity contribution in [3.8, 4) is 11.3 Å².